The largest absolute Gasteiger partial charge is 0.462 e. The van der Waals surface area contributed by atoms with Crippen LogP contribution in [0.5, 0.6) is 0 Å². The van der Waals surface area contributed by atoms with Crippen molar-refractivity contribution in [3.63, 3.8) is 0 Å². The molecule has 0 aliphatic rings. The summed E-state index contributed by atoms with van der Waals surface area (Å²) in [5.41, 5.74) is 0.282. The molecule has 0 saturated carbocycles. The molecule has 1 heterocycles. The quantitative estimate of drug-likeness (QED) is 0.739. The number of aromatic nitrogens is 2. The van der Waals surface area contributed by atoms with Crippen molar-refractivity contribution < 1.29 is 9.53 Å². The number of ether oxygens (including phenoxy) is 1. The fourth-order valence-corrected chi connectivity index (χ4v) is 3.07. The van der Waals surface area contributed by atoms with E-state index in [0.29, 0.717) is 10.9 Å². The molecule has 0 unspecified atom stereocenters. The number of fused-ring (bicyclic) bond motifs is 1. The van der Waals surface area contributed by atoms with Gasteiger partial charge in [-0.25, -0.2) is 4.98 Å². The molecule has 2 aromatic rings. The number of benzene rings is 1. The number of hydrogen-bond donors (Lipinski definition) is 0. The monoisotopic (exact) mass is 402 g/mol. The highest BCUT2D eigenvalue weighted by Crippen LogP contribution is 2.24. The average molecular weight is 404 g/mol. The molecule has 0 saturated heterocycles. The molecule has 5 nitrogen and oxygen atoms in total. The third-order valence-corrected chi connectivity index (χ3v) is 3.57. The summed E-state index contributed by atoms with van der Waals surface area (Å²) in [6.45, 7) is 3.37. The SMILES string of the molecule is CC(C)OC(=O)Cn1cnc2c(Br)cc(Br)cc2c1=O. The van der Waals surface area contributed by atoms with Crippen molar-refractivity contribution in [2.45, 2.75) is 26.5 Å². The van der Waals surface area contributed by atoms with E-state index in [2.05, 4.69) is 36.8 Å². The first-order chi connectivity index (χ1) is 9.38. The topological polar surface area (TPSA) is 61.2 Å². The molecule has 2 rings (SSSR count). The fourth-order valence-electron chi connectivity index (χ4n) is 1.75. The lowest BCUT2D eigenvalue weighted by Crippen LogP contribution is -2.27. The Kier molecular flexibility index (Phi) is 4.59. The van der Waals surface area contributed by atoms with Gasteiger partial charge in [0.1, 0.15) is 6.54 Å². The summed E-state index contributed by atoms with van der Waals surface area (Å²) in [6.07, 6.45) is 1.14. The minimum atomic E-state index is -0.461. The van der Waals surface area contributed by atoms with Gasteiger partial charge in [-0.3, -0.25) is 14.2 Å². The molecule has 7 heteroatoms. The molecular weight excluding hydrogens is 392 g/mol. The van der Waals surface area contributed by atoms with E-state index in [1.54, 1.807) is 19.9 Å². The molecule has 0 spiro atoms. The Morgan fingerprint density at radius 3 is 2.75 bits per heavy atom. The normalized spacial score (nSPS) is 11.1. The Bertz CT molecular complexity index is 725. The number of nitrogens with zero attached hydrogens (tertiary/aromatic N) is 2. The van der Waals surface area contributed by atoms with Crippen LogP contribution < -0.4 is 5.56 Å². The number of hydrogen-bond acceptors (Lipinski definition) is 4. The van der Waals surface area contributed by atoms with Crippen molar-refractivity contribution >= 4 is 48.7 Å². The van der Waals surface area contributed by atoms with Gasteiger partial charge in [0, 0.05) is 8.95 Å². The molecule has 0 amide bonds. The van der Waals surface area contributed by atoms with Gasteiger partial charge < -0.3 is 4.74 Å². The van der Waals surface area contributed by atoms with Gasteiger partial charge in [0.2, 0.25) is 0 Å². The summed E-state index contributed by atoms with van der Waals surface area (Å²) >= 11 is 6.69. The lowest BCUT2D eigenvalue weighted by Gasteiger charge is -2.10. The van der Waals surface area contributed by atoms with Crippen LogP contribution in [0.25, 0.3) is 10.9 Å². The number of rotatable bonds is 3. The molecule has 20 heavy (non-hydrogen) atoms. The van der Waals surface area contributed by atoms with Crippen molar-refractivity contribution in [2.24, 2.45) is 0 Å². The summed E-state index contributed by atoms with van der Waals surface area (Å²) in [5.74, 6) is -0.461. The maximum Gasteiger partial charge on any atom is 0.326 e. The van der Waals surface area contributed by atoms with E-state index in [1.807, 2.05) is 6.07 Å². The highest BCUT2D eigenvalue weighted by atomic mass is 79.9. The molecule has 0 radical (unpaired) electrons. The lowest BCUT2D eigenvalue weighted by molar-refractivity contribution is -0.148. The van der Waals surface area contributed by atoms with Crippen LogP contribution >= 0.6 is 31.9 Å². The highest BCUT2D eigenvalue weighted by Gasteiger charge is 2.12. The summed E-state index contributed by atoms with van der Waals surface area (Å²) in [6, 6.07) is 3.49. The second-order valence-corrected chi connectivity index (χ2v) is 6.27. The predicted molar refractivity (Wildman–Crippen MR) is 82.6 cm³/mol. The van der Waals surface area contributed by atoms with E-state index in [4.69, 9.17) is 4.74 Å². The van der Waals surface area contributed by atoms with Gasteiger partial charge in [-0.2, -0.15) is 0 Å². The predicted octanol–water partition coefficient (Wildman–Crippen LogP) is 2.87. The molecule has 0 atom stereocenters. The van der Waals surface area contributed by atoms with E-state index in [9.17, 15) is 9.59 Å². The fraction of sp³-hybridized carbons (Fsp3) is 0.308. The Labute approximate surface area is 132 Å². The minimum Gasteiger partial charge on any atom is -0.462 e. The molecule has 106 valence electrons. The third kappa shape index (κ3) is 3.27. The van der Waals surface area contributed by atoms with Crippen molar-refractivity contribution in [1.82, 2.24) is 9.55 Å². The first-order valence-electron chi connectivity index (χ1n) is 5.92. The Morgan fingerprint density at radius 2 is 2.10 bits per heavy atom. The van der Waals surface area contributed by atoms with E-state index >= 15 is 0 Å². The smallest absolute Gasteiger partial charge is 0.326 e. The summed E-state index contributed by atoms with van der Waals surface area (Å²) in [5, 5.41) is 0.436. The van der Waals surface area contributed by atoms with Crippen LogP contribution in [0, 0.1) is 0 Å². The van der Waals surface area contributed by atoms with E-state index in [0.717, 1.165) is 8.95 Å². The van der Waals surface area contributed by atoms with Crippen molar-refractivity contribution in [1.29, 1.82) is 0 Å². The van der Waals surface area contributed by atoms with Crippen LogP contribution in [0.2, 0.25) is 0 Å². The zero-order valence-electron chi connectivity index (χ0n) is 10.9. The Hall–Kier alpha value is -1.21. The van der Waals surface area contributed by atoms with Crippen molar-refractivity contribution in [3.05, 3.63) is 37.8 Å². The number of carbonyl (C=O) groups excluding carboxylic acids is 1. The molecule has 0 N–H and O–H groups in total. The lowest BCUT2D eigenvalue weighted by atomic mass is 10.2. The van der Waals surface area contributed by atoms with Gasteiger partial charge in [-0.15, -0.1) is 0 Å². The van der Waals surface area contributed by atoms with Crippen LogP contribution in [-0.4, -0.2) is 21.6 Å². The van der Waals surface area contributed by atoms with Gasteiger partial charge >= 0.3 is 5.97 Å². The molecular formula is C13H12Br2N2O3. The maximum absolute atomic E-state index is 12.3. The van der Waals surface area contributed by atoms with Crippen molar-refractivity contribution in [2.75, 3.05) is 0 Å². The van der Waals surface area contributed by atoms with Gasteiger partial charge in [0.25, 0.3) is 5.56 Å². The Balaban J connectivity index is 2.44. The second-order valence-electron chi connectivity index (χ2n) is 4.50. The number of halogens is 2. The highest BCUT2D eigenvalue weighted by molar-refractivity contribution is 9.11. The summed E-state index contributed by atoms with van der Waals surface area (Å²) in [4.78, 5) is 28.1. The molecule has 1 aromatic heterocycles. The first-order valence-corrected chi connectivity index (χ1v) is 7.50. The molecule has 0 bridgehead atoms. The zero-order valence-corrected chi connectivity index (χ0v) is 14.1. The van der Waals surface area contributed by atoms with E-state index < -0.39 is 5.97 Å². The second kappa shape index (κ2) is 6.05. The molecule has 0 aliphatic heterocycles. The van der Waals surface area contributed by atoms with Crippen molar-refractivity contribution in [3.8, 4) is 0 Å². The van der Waals surface area contributed by atoms with Gasteiger partial charge in [-0.1, -0.05) is 15.9 Å². The van der Waals surface area contributed by atoms with Crippen LogP contribution in [0.4, 0.5) is 0 Å². The van der Waals surface area contributed by atoms with Crippen LogP contribution in [0.3, 0.4) is 0 Å². The first kappa shape index (κ1) is 15.2. The van der Waals surface area contributed by atoms with Gasteiger partial charge in [0.05, 0.1) is 23.3 Å². The van der Waals surface area contributed by atoms with Crippen LogP contribution in [0.15, 0.2) is 32.2 Å². The standard InChI is InChI=1S/C13H12Br2N2O3/c1-7(2)20-11(18)5-17-6-16-12-9(13(17)19)3-8(14)4-10(12)15/h3-4,6-7H,5H2,1-2H3. The van der Waals surface area contributed by atoms with E-state index in [-0.39, 0.29) is 18.2 Å². The number of esters is 1. The number of carbonyl (C=O) groups is 1. The van der Waals surface area contributed by atoms with Gasteiger partial charge in [0.15, 0.2) is 0 Å². The average Bonchev–Trinajstić information content (AvgIpc) is 2.32. The zero-order chi connectivity index (χ0) is 14.9. The molecule has 0 fully saturated rings. The maximum atomic E-state index is 12.3. The molecule has 0 aliphatic carbocycles. The summed E-state index contributed by atoms with van der Waals surface area (Å²) in [7, 11) is 0. The van der Waals surface area contributed by atoms with Gasteiger partial charge in [-0.05, 0) is 41.9 Å². The molecule has 1 aromatic carbocycles. The van der Waals surface area contributed by atoms with Crippen LogP contribution in [0.1, 0.15) is 13.8 Å². The summed E-state index contributed by atoms with van der Waals surface area (Å²) < 4.78 is 7.75. The van der Waals surface area contributed by atoms with E-state index in [1.165, 1.54) is 10.9 Å². The minimum absolute atomic E-state index is 0.149. The third-order valence-electron chi connectivity index (χ3n) is 2.51. The Morgan fingerprint density at radius 1 is 1.40 bits per heavy atom. The van der Waals surface area contributed by atoms with Crippen LogP contribution in [-0.2, 0) is 16.1 Å².